The van der Waals surface area contributed by atoms with E-state index >= 15 is 0 Å². The second kappa shape index (κ2) is 6.47. The highest BCUT2D eigenvalue weighted by atomic mass is 16.5. The van der Waals surface area contributed by atoms with Gasteiger partial charge in [-0.3, -0.25) is 4.68 Å². The van der Waals surface area contributed by atoms with E-state index in [0.29, 0.717) is 18.5 Å². The molecule has 2 amide bonds. The van der Waals surface area contributed by atoms with Crippen molar-refractivity contribution in [3.63, 3.8) is 0 Å². The second-order valence-electron chi connectivity index (χ2n) is 6.19. The number of ether oxygens (including phenoxy) is 1. The summed E-state index contributed by atoms with van der Waals surface area (Å²) in [5.41, 5.74) is 0. The van der Waals surface area contributed by atoms with Crippen LogP contribution >= 0.6 is 0 Å². The largest absolute Gasteiger partial charge is 0.381 e. The van der Waals surface area contributed by atoms with Crippen molar-refractivity contribution < 1.29 is 9.53 Å². The van der Waals surface area contributed by atoms with Gasteiger partial charge in [-0.2, -0.15) is 5.10 Å². The van der Waals surface area contributed by atoms with Crippen molar-refractivity contribution in [2.24, 2.45) is 5.92 Å². The summed E-state index contributed by atoms with van der Waals surface area (Å²) in [5, 5.41) is 7.27. The van der Waals surface area contributed by atoms with E-state index in [1.807, 2.05) is 28.8 Å². The molecule has 0 spiro atoms. The van der Waals surface area contributed by atoms with Crippen molar-refractivity contribution in [2.75, 3.05) is 19.8 Å². The maximum atomic E-state index is 12.5. The highest BCUT2D eigenvalue weighted by Crippen LogP contribution is 2.29. The fraction of sp³-hybridized carbons (Fsp3) is 0.733. The number of amides is 2. The van der Waals surface area contributed by atoms with E-state index in [0.717, 1.165) is 39.0 Å². The molecule has 2 atom stereocenters. The molecule has 6 nitrogen and oxygen atoms in total. The Labute approximate surface area is 125 Å². The Kier molecular flexibility index (Phi) is 4.43. The summed E-state index contributed by atoms with van der Waals surface area (Å²) in [4.78, 5) is 14.5. The van der Waals surface area contributed by atoms with Gasteiger partial charge < -0.3 is 15.0 Å². The average molecular weight is 292 g/mol. The van der Waals surface area contributed by atoms with E-state index in [1.54, 1.807) is 6.20 Å². The Hall–Kier alpha value is -1.56. The van der Waals surface area contributed by atoms with E-state index in [1.165, 1.54) is 0 Å². The first-order valence-corrected chi connectivity index (χ1v) is 7.84. The zero-order chi connectivity index (χ0) is 14.7. The third-order valence-corrected chi connectivity index (χ3v) is 4.12. The Morgan fingerprint density at radius 1 is 1.52 bits per heavy atom. The minimum Gasteiger partial charge on any atom is -0.381 e. The molecule has 1 aliphatic heterocycles. The van der Waals surface area contributed by atoms with Crippen molar-refractivity contribution in [1.29, 1.82) is 0 Å². The summed E-state index contributed by atoms with van der Waals surface area (Å²) in [5.74, 6) is 0.498. The van der Waals surface area contributed by atoms with Gasteiger partial charge in [0, 0.05) is 43.5 Å². The van der Waals surface area contributed by atoms with Crippen molar-refractivity contribution in [1.82, 2.24) is 20.0 Å². The third kappa shape index (κ3) is 3.97. The number of urea groups is 1. The topological polar surface area (TPSA) is 59.4 Å². The van der Waals surface area contributed by atoms with Crippen LogP contribution in [0.25, 0.3) is 0 Å². The van der Waals surface area contributed by atoms with Gasteiger partial charge in [-0.05, 0) is 32.3 Å². The van der Waals surface area contributed by atoms with E-state index in [2.05, 4.69) is 10.4 Å². The first-order chi connectivity index (χ1) is 10.2. The lowest BCUT2D eigenvalue weighted by Gasteiger charge is -2.27. The number of rotatable bonds is 6. The maximum absolute atomic E-state index is 12.5. The van der Waals surface area contributed by atoms with Crippen LogP contribution in [0.15, 0.2) is 18.5 Å². The van der Waals surface area contributed by atoms with Gasteiger partial charge in [0.05, 0.1) is 13.2 Å². The van der Waals surface area contributed by atoms with Gasteiger partial charge in [0.1, 0.15) is 0 Å². The summed E-state index contributed by atoms with van der Waals surface area (Å²) < 4.78 is 7.26. The molecule has 116 valence electrons. The Morgan fingerprint density at radius 2 is 2.38 bits per heavy atom. The molecule has 2 aliphatic rings. The molecule has 21 heavy (non-hydrogen) atoms. The quantitative estimate of drug-likeness (QED) is 0.864. The van der Waals surface area contributed by atoms with E-state index in [4.69, 9.17) is 4.74 Å². The highest BCUT2D eigenvalue weighted by molar-refractivity contribution is 5.75. The molecule has 3 rings (SSSR count). The van der Waals surface area contributed by atoms with Gasteiger partial charge in [-0.25, -0.2) is 4.79 Å². The molecule has 1 aromatic rings. The fourth-order valence-corrected chi connectivity index (χ4v) is 2.82. The Bertz CT molecular complexity index is 452. The maximum Gasteiger partial charge on any atom is 0.317 e. The molecule has 1 saturated carbocycles. The standard InChI is InChI=1S/C15H24N4O2/c1-12(9-18-7-2-6-16-18)17-15(20)19(14-3-4-14)10-13-5-8-21-11-13/h2,6-7,12-14H,3-5,8-11H2,1H3,(H,17,20)/t12-,13+/m0/s1. The molecule has 2 heterocycles. The lowest BCUT2D eigenvalue weighted by atomic mass is 10.1. The number of nitrogens with zero attached hydrogens (tertiary/aromatic N) is 3. The number of hydrogen-bond donors (Lipinski definition) is 1. The van der Waals surface area contributed by atoms with Crippen LogP contribution in [0, 0.1) is 5.92 Å². The molecule has 1 aliphatic carbocycles. The molecule has 1 N–H and O–H groups in total. The van der Waals surface area contributed by atoms with Crippen LogP contribution in [0.3, 0.4) is 0 Å². The number of carbonyl (C=O) groups is 1. The van der Waals surface area contributed by atoms with Crippen molar-refractivity contribution >= 4 is 6.03 Å². The molecule has 0 bridgehead atoms. The van der Waals surface area contributed by atoms with Gasteiger partial charge in [0.15, 0.2) is 0 Å². The van der Waals surface area contributed by atoms with Crippen LogP contribution < -0.4 is 5.32 Å². The number of hydrogen-bond acceptors (Lipinski definition) is 3. The number of aromatic nitrogens is 2. The van der Waals surface area contributed by atoms with E-state index in [-0.39, 0.29) is 12.1 Å². The molecule has 0 aromatic carbocycles. The lowest BCUT2D eigenvalue weighted by molar-refractivity contribution is 0.160. The highest BCUT2D eigenvalue weighted by Gasteiger charge is 2.35. The summed E-state index contributed by atoms with van der Waals surface area (Å²) >= 11 is 0. The number of nitrogens with one attached hydrogen (secondary N) is 1. The van der Waals surface area contributed by atoms with Crippen molar-refractivity contribution in [3.05, 3.63) is 18.5 Å². The first kappa shape index (κ1) is 14.4. The number of carbonyl (C=O) groups excluding carboxylic acids is 1. The molecule has 0 radical (unpaired) electrons. The molecular formula is C15H24N4O2. The van der Waals surface area contributed by atoms with Gasteiger partial charge in [0.25, 0.3) is 0 Å². The van der Waals surface area contributed by atoms with E-state index < -0.39 is 0 Å². The van der Waals surface area contributed by atoms with Gasteiger partial charge in [-0.15, -0.1) is 0 Å². The smallest absolute Gasteiger partial charge is 0.317 e. The van der Waals surface area contributed by atoms with Crippen LogP contribution in [0.2, 0.25) is 0 Å². The Balaban J connectivity index is 1.51. The Morgan fingerprint density at radius 3 is 3.00 bits per heavy atom. The molecule has 1 aromatic heterocycles. The van der Waals surface area contributed by atoms with Gasteiger partial charge >= 0.3 is 6.03 Å². The lowest BCUT2D eigenvalue weighted by Crippen LogP contribution is -2.48. The van der Waals surface area contributed by atoms with Crippen LogP contribution in [0.1, 0.15) is 26.2 Å². The fourth-order valence-electron chi connectivity index (χ4n) is 2.82. The van der Waals surface area contributed by atoms with Crippen LogP contribution in [-0.2, 0) is 11.3 Å². The van der Waals surface area contributed by atoms with Gasteiger partial charge in [-0.1, -0.05) is 0 Å². The predicted molar refractivity (Wildman–Crippen MR) is 78.9 cm³/mol. The van der Waals surface area contributed by atoms with Crippen LogP contribution in [0.5, 0.6) is 0 Å². The summed E-state index contributed by atoms with van der Waals surface area (Å²) in [6, 6.07) is 2.45. The summed E-state index contributed by atoms with van der Waals surface area (Å²) in [7, 11) is 0. The molecule has 2 fully saturated rings. The second-order valence-corrected chi connectivity index (χ2v) is 6.19. The summed E-state index contributed by atoms with van der Waals surface area (Å²) in [6.07, 6.45) is 7.00. The first-order valence-electron chi connectivity index (χ1n) is 7.84. The van der Waals surface area contributed by atoms with Gasteiger partial charge in [0.2, 0.25) is 0 Å². The average Bonchev–Trinajstić information content (AvgIpc) is 2.94. The van der Waals surface area contributed by atoms with Crippen LogP contribution in [-0.4, -0.2) is 52.6 Å². The molecular weight excluding hydrogens is 268 g/mol. The zero-order valence-corrected chi connectivity index (χ0v) is 12.6. The van der Waals surface area contributed by atoms with E-state index in [9.17, 15) is 4.79 Å². The summed E-state index contributed by atoms with van der Waals surface area (Å²) in [6.45, 7) is 5.16. The molecule has 6 heteroatoms. The molecule has 1 saturated heterocycles. The van der Waals surface area contributed by atoms with Crippen LogP contribution in [0.4, 0.5) is 4.79 Å². The minimum atomic E-state index is 0.0593. The normalized spacial score (nSPS) is 23.0. The molecule has 0 unspecified atom stereocenters. The van der Waals surface area contributed by atoms with Crippen molar-refractivity contribution in [3.8, 4) is 0 Å². The predicted octanol–water partition coefficient (Wildman–Crippen LogP) is 1.48. The minimum absolute atomic E-state index is 0.0593. The third-order valence-electron chi connectivity index (χ3n) is 4.12. The zero-order valence-electron chi connectivity index (χ0n) is 12.6. The van der Waals surface area contributed by atoms with Crippen molar-refractivity contribution in [2.45, 2.75) is 44.8 Å². The SMILES string of the molecule is C[C@@H](Cn1cccn1)NC(=O)N(C[C@H]1CCOC1)C1CC1. The monoisotopic (exact) mass is 292 g/mol.